The second-order valence-electron chi connectivity index (χ2n) is 7.35. The Morgan fingerprint density at radius 3 is 2.94 bits per heavy atom. The average Bonchev–Trinajstić information content (AvgIpc) is 3.00. The minimum atomic E-state index is -0.712. The number of ketones is 1. The number of methoxy groups -OCH3 is 1. The van der Waals surface area contributed by atoms with Crippen molar-refractivity contribution in [3.63, 3.8) is 0 Å². The van der Waals surface area contributed by atoms with Gasteiger partial charge in [-0.2, -0.15) is 0 Å². The zero-order valence-electron chi connectivity index (χ0n) is 16.7. The quantitative estimate of drug-likeness (QED) is 0.730. The standard InChI is InChI=1S/C22H20ClFN2O5/c1-30-21-18-19(27)13-6-2-3-8-31-16(13)11-26(18)10-14(20(21)28)22(29)25-9-12-5-4-7-15(23)17(12)24/h2-5,7,10,13,16H,6,8-9,11H2,1H3,(H,25,29)/t13-,16-/m0/s1. The van der Waals surface area contributed by atoms with E-state index in [-0.39, 0.29) is 46.0 Å². The largest absolute Gasteiger partial charge is 0.491 e. The van der Waals surface area contributed by atoms with E-state index in [0.717, 1.165) is 0 Å². The molecule has 9 heteroatoms. The fourth-order valence-corrected chi connectivity index (χ4v) is 4.12. The van der Waals surface area contributed by atoms with Gasteiger partial charge in [0.1, 0.15) is 17.1 Å². The number of hydrogen-bond donors (Lipinski definition) is 1. The minimum absolute atomic E-state index is 0.0618. The maximum absolute atomic E-state index is 14.1. The number of amides is 1. The first-order valence-electron chi connectivity index (χ1n) is 9.75. The average molecular weight is 447 g/mol. The van der Waals surface area contributed by atoms with E-state index in [4.69, 9.17) is 21.1 Å². The zero-order valence-corrected chi connectivity index (χ0v) is 17.4. The van der Waals surface area contributed by atoms with Crippen LogP contribution < -0.4 is 15.5 Å². The Balaban J connectivity index is 1.66. The van der Waals surface area contributed by atoms with Crippen LogP contribution in [0, 0.1) is 11.7 Å². The Kier molecular flexibility index (Phi) is 5.93. The molecule has 4 rings (SSSR count). The molecule has 0 aliphatic carbocycles. The lowest BCUT2D eigenvalue weighted by Gasteiger charge is -2.32. The molecule has 0 unspecified atom stereocenters. The van der Waals surface area contributed by atoms with Crippen molar-refractivity contribution in [1.29, 1.82) is 0 Å². The van der Waals surface area contributed by atoms with Crippen molar-refractivity contribution < 1.29 is 23.5 Å². The molecular formula is C22H20ClFN2O5. The summed E-state index contributed by atoms with van der Waals surface area (Å²) in [6, 6.07) is 4.45. The molecule has 3 heterocycles. The third-order valence-electron chi connectivity index (χ3n) is 5.52. The monoisotopic (exact) mass is 446 g/mol. The lowest BCUT2D eigenvalue weighted by molar-refractivity contribution is 0.0139. The van der Waals surface area contributed by atoms with Gasteiger partial charge >= 0.3 is 0 Å². The molecular weight excluding hydrogens is 427 g/mol. The molecule has 2 atom stereocenters. The summed E-state index contributed by atoms with van der Waals surface area (Å²) in [5.74, 6) is -2.21. The maximum Gasteiger partial charge on any atom is 0.257 e. The van der Waals surface area contributed by atoms with Crippen LogP contribution in [-0.4, -0.2) is 36.1 Å². The summed E-state index contributed by atoms with van der Waals surface area (Å²) < 4.78 is 26.6. The lowest BCUT2D eigenvalue weighted by Crippen LogP contribution is -2.43. The first-order chi connectivity index (χ1) is 14.9. The number of rotatable bonds is 4. The molecule has 7 nitrogen and oxygen atoms in total. The second kappa shape index (κ2) is 8.64. The molecule has 0 radical (unpaired) electrons. The highest BCUT2D eigenvalue weighted by Crippen LogP contribution is 2.31. The van der Waals surface area contributed by atoms with Crippen LogP contribution in [0.3, 0.4) is 0 Å². The topological polar surface area (TPSA) is 86.6 Å². The normalized spacial score (nSPS) is 19.9. The van der Waals surface area contributed by atoms with Crippen LogP contribution >= 0.6 is 11.6 Å². The van der Waals surface area contributed by atoms with Gasteiger partial charge in [0.15, 0.2) is 11.5 Å². The number of fused-ring (bicyclic) bond motifs is 2. The fourth-order valence-electron chi connectivity index (χ4n) is 3.93. The Hall–Kier alpha value is -2.97. The van der Waals surface area contributed by atoms with E-state index in [1.165, 1.54) is 30.0 Å². The van der Waals surface area contributed by atoms with E-state index in [9.17, 15) is 18.8 Å². The van der Waals surface area contributed by atoms with Gasteiger partial charge in [-0.05, 0) is 12.5 Å². The highest BCUT2D eigenvalue weighted by atomic mass is 35.5. The predicted octanol–water partition coefficient (Wildman–Crippen LogP) is 2.74. The summed E-state index contributed by atoms with van der Waals surface area (Å²) in [6.07, 6.45) is 5.21. The molecule has 1 N–H and O–H groups in total. The van der Waals surface area contributed by atoms with Gasteiger partial charge in [-0.15, -0.1) is 0 Å². The van der Waals surface area contributed by atoms with Crippen molar-refractivity contribution in [2.45, 2.75) is 25.6 Å². The third-order valence-corrected chi connectivity index (χ3v) is 5.81. The van der Waals surface area contributed by atoms with E-state index >= 15 is 0 Å². The van der Waals surface area contributed by atoms with Gasteiger partial charge < -0.3 is 19.4 Å². The van der Waals surface area contributed by atoms with Crippen LogP contribution in [-0.2, 0) is 17.8 Å². The lowest BCUT2D eigenvalue weighted by atomic mass is 9.87. The van der Waals surface area contributed by atoms with Crippen molar-refractivity contribution in [3.8, 4) is 5.75 Å². The minimum Gasteiger partial charge on any atom is -0.491 e. The molecule has 162 valence electrons. The van der Waals surface area contributed by atoms with E-state index in [1.54, 1.807) is 6.07 Å². The van der Waals surface area contributed by atoms with Crippen molar-refractivity contribution >= 4 is 23.3 Å². The Morgan fingerprint density at radius 1 is 1.35 bits per heavy atom. The van der Waals surface area contributed by atoms with E-state index in [0.29, 0.717) is 19.6 Å². The number of ether oxygens (including phenoxy) is 2. The number of pyridine rings is 1. The molecule has 2 aromatic rings. The maximum atomic E-state index is 14.1. The smallest absolute Gasteiger partial charge is 0.257 e. The molecule has 0 fully saturated rings. The number of allylic oxidation sites excluding steroid dienone is 1. The number of hydrogen-bond acceptors (Lipinski definition) is 5. The van der Waals surface area contributed by atoms with E-state index in [1.807, 2.05) is 12.2 Å². The molecule has 31 heavy (non-hydrogen) atoms. The summed E-state index contributed by atoms with van der Waals surface area (Å²) >= 11 is 5.77. The van der Waals surface area contributed by atoms with Crippen LogP contribution in [0.25, 0.3) is 0 Å². The van der Waals surface area contributed by atoms with Crippen molar-refractivity contribution in [2.24, 2.45) is 5.92 Å². The molecule has 0 saturated heterocycles. The van der Waals surface area contributed by atoms with Crippen molar-refractivity contribution in [3.05, 3.63) is 74.4 Å². The van der Waals surface area contributed by atoms with Gasteiger partial charge in [-0.25, -0.2) is 4.39 Å². The number of benzene rings is 1. The zero-order chi connectivity index (χ0) is 22.1. The highest BCUT2D eigenvalue weighted by molar-refractivity contribution is 6.30. The predicted molar refractivity (Wildman–Crippen MR) is 111 cm³/mol. The van der Waals surface area contributed by atoms with E-state index < -0.39 is 23.1 Å². The number of carbonyl (C=O) groups excluding carboxylic acids is 2. The van der Waals surface area contributed by atoms with Gasteiger partial charge in [0.25, 0.3) is 5.91 Å². The number of carbonyl (C=O) groups is 2. The summed E-state index contributed by atoms with van der Waals surface area (Å²) in [6.45, 7) is 0.528. The molecule has 0 spiro atoms. The van der Waals surface area contributed by atoms with Crippen LogP contribution in [0.1, 0.15) is 32.8 Å². The number of halogens is 2. The molecule has 1 amide bonds. The van der Waals surface area contributed by atoms with Crippen molar-refractivity contribution in [2.75, 3.05) is 13.7 Å². The Bertz CT molecular complexity index is 1140. The first-order valence-corrected chi connectivity index (χ1v) is 10.1. The van der Waals surface area contributed by atoms with Gasteiger partial charge in [0, 0.05) is 24.8 Å². The number of nitrogens with one attached hydrogen (secondary N) is 1. The fraction of sp³-hybridized carbons (Fsp3) is 0.318. The number of aromatic nitrogens is 1. The molecule has 0 bridgehead atoms. The first kappa shape index (κ1) is 21.3. The summed E-state index contributed by atoms with van der Waals surface area (Å²) in [5, 5.41) is 2.47. The SMILES string of the molecule is COc1c2n(cc(C(=O)NCc3cccc(Cl)c3F)c1=O)C[C@@H]1OCC=CC[C@@H]1C2=O. The van der Waals surface area contributed by atoms with E-state index in [2.05, 4.69) is 5.32 Å². The van der Waals surface area contributed by atoms with Crippen LogP contribution in [0.15, 0.2) is 41.3 Å². The van der Waals surface area contributed by atoms with Crippen molar-refractivity contribution in [1.82, 2.24) is 9.88 Å². The summed E-state index contributed by atoms with van der Waals surface area (Å²) in [5.41, 5.74) is -0.593. The number of Topliss-reactive ketones (excluding diaryl/α,β-unsaturated/α-hetero) is 1. The molecule has 1 aromatic carbocycles. The van der Waals surface area contributed by atoms with Crippen LogP contribution in [0.2, 0.25) is 5.02 Å². The molecule has 2 aliphatic heterocycles. The van der Waals surface area contributed by atoms with Gasteiger partial charge in [-0.3, -0.25) is 14.4 Å². The highest BCUT2D eigenvalue weighted by Gasteiger charge is 2.39. The van der Waals surface area contributed by atoms with Gasteiger partial charge in [-0.1, -0.05) is 35.9 Å². The molecule has 1 aromatic heterocycles. The Morgan fingerprint density at radius 2 is 2.16 bits per heavy atom. The summed E-state index contributed by atoms with van der Waals surface area (Å²) in [7, 11) is 1.28. The Labute approximate surface area is 182 Å². The van der Waals surface area contributed by atoms with Crippen LogP contribution in [0.4, 0.5) is 4.39 Å². The second-order valence-corrected chi connectivity index (χ2v) is 7.76. The van der Waals surface area contributed by atoms with Crippen LogP contribution in [0.5, 0.6) is 5.75 Å². The summed E-state index contributed by atoms with van der Waals surface area (Å²) in [4.78, 5) is 38.8. The number of nitrogens with zero attached hydrogens (tertiary/aromatic N) is 1. The third kappa shape index (κ3) is 3.88. The van der Waals surface area contributed by atoms with Gasteiger partial charge in [0.2, 0.25) is 5.43 Å². The molecule has 0 saturated carbocycles. The van der Waals surface area contributed by atoms with Gasteiger partial charge in [0.05, 0.1) is 30.8 Å². The molecule has 2 aliphatic rings.